The van der Waals surface area contributed by atoms with Crippen LogP contribution in [0.2, 0.25) is 0 Å². The molecule has 102 valence electrons. The number of hydrogen-bond donors (Lipinski definition) is 3. The molecule has 0 aliphatic carbocycles. The van der Waals surface area contributed by atoms with Crippen LogP contribution in [0.4, 0.5) is 0 Å². The number of aromatic amines is 1. The van der Waals surface area contributed by atoms with Crippen LogP contribution in [0.25, 0.3) is 0 Å². The smallest absolute Gasteiger partial charge is 0.221 e. The van der Waals surface area contributed by atoms with Gasteiger partial charge in [-0.05, 0) is 13.8 Å². The van der Waals surface area contributed by atoms with Gasteiger partial charge in [-0.15, -0.1) is 0 Å². The highest BCUT2D eigenvalue weighted by Crippen LogP contribution is 2.07. The molecule has 18 heavy (non-hydrogen) atoms. The highest BCUT2D eigenvalue weighted by atomic mass is 16.5. The number of amides is 1. The van der Waals surface area contributed by atoms with Crippen LogP contribution in [-0.4, -0.2) is 42.9 Å². The minimum atomic E-state index is 0.0418. The molecule has 0 bridgehead atoms. The van der Waals surface area contributed by atoms with Crippen LogP contribution in [0.1, 0.15) is 23.4 Å². The fourth-order valence-corrected chi connectivity index (χ4v) is 1.63. The number of hydrogen-bond acceptors (Lipinski definition) is 4. The van der Waals surface area contributed by atoms with Gasteiger partial charge in [-0.3, -0.25) is 9.89 Å². The van der Waals surface area contributed by atoms with Crippen LogP contribution >= 0.6 is 0 Å². The Balaban J connectivity index is 2.13. The summed E-state index contributed by atoms with van der Waals surface area (Å²) >= 11 is 0. The summed E-state index contributed by atoms with van der Waals surface area (Å²) in [6.07, 6.45) is 0.472. The Morgan fingerprint density at radius 3 is 2.78 bits per heavy atom. The summed E-state index contributed by atoms with van der Waals surface area (Å²) in [5, 5.41) is 13.1. The van der Waals surface area contributed by atoms with Crippen molar-refractivity contribution in [3.05, 3.63) is 17.0 Å². The van der Waals surface area contributed by atoms with Gasteiger partial charge in [-0.2, -0.15) is 5.10 Å². The zero-order chi connectivity index (χ0) is 13.4. The summed E-state index contributed by atoms with van der Waals surface area (Å²) in [5.74, 6) is 0.0418. The van der Waals surface area contributed by atoms with E-state index in [4.69, 9.17) is 4.74 Å². The largest absolute Gasteiger partial charge is 0.383 e. The number of ether oxygens (including phenoxy) is 1. The molecule has 3 N–H and O–H groups in total. The zero-order valence-corrected chi connectivity index (χ0v) is 11.3. The van der Waals surface area contributed by atoms with E-state index in [0.717, 1.165) is 17.9 Å². The lowest BCUT2D eigenvalue weighted by atomic mass is 10.2. The van der Waals surface area contributed by atoms with Crippen LogP contribution in [0.5, 0.6) is 0 Å². The Morgan fingerprint density at radius 1 is 1.39 bits per heavy atom. The highest BCUT2D eigenvalue weighted by molar-refractivity contribution is 5.76. The van der Waals surface area contributed by atoms with Gasteiger partial charge < -0.3 is 15.4 Å². The van der Waals surface area contributed by atoms with Crippen molar-refractivity contribution in [1.29, 1.82) is 0 Å². The van der Waals surface area contributed by atoms with Crippen LogP contribution < -0.4 is 10.6 Å². The van der Waals surface area contributed by atoms with E-state index in [1.165, 1.54) is 5.56 Å². The van der Waals surface area contributed by atoms with Gasteiger partial charge >= 0.3 is 0 Å². The highest BCUT2D eigenvalue weighted by Gasteiger charge is 2.05. The van der Waals surface area contributed by atoms with Crippen molar-refractivity contribution in [2.45, 2.75) is 26.8 Å². The van der Waals surface area contributed by atoms with Crippen molar-refractivity contribution in [2.24, 2.45) is 0 Å². The second-order valence-electron chi connectivity index (χ2n) is 4.18. The van der Waals surface area contributed by atoms with E-state index < -0.39 is 0 Å². The summed E-state index contributed by atoms with van der Waals surface area (Å²) in [6, 6.07) is 0. The standard InChI is InChI=1S/C12H22N4O2/c1-9-11(10(2)16-15-9)8-13-5-4-12(17)14-6-7-18-3/h13H,4-8H2,1-3H3,(H,14,17)(H,15,16). The summed E-state index contributed by atoms with van der Waals surface area (Å²) in [7, 11) is 1.61. The fourth-order valence-electron chi connectivity index (χ4n) is 1.63. The molecule has 0 aliphatic rings. The number of nitrogens with one attached hydrogen (secondary N) is 3. The Kier molecular flexibility index (Phi) is 6.38. The predicted molar refractivity (Wildman–Crippen MR) is 69.3 cm³/mol. The molecule has 0 aromatic carbocycles. The lowest BCUT2D eigenvalue weighted by molar-refractivity contribution is -0.121. The second kappa shape index (κ2) is 7.84. The Bertz CT molecular complexity index is 357. The number of rotatable bonds is 8. The number of carbonyl (C=O) groups is 1. The van der Waals surface area contributed by atoms with Crippen molar-refractivity contribution in [3.63, 3.8) is 0 Å². The van der Waals surface area contributed by atoms with Gasteiger partial charge in [0.25, 0.3) is 0 Å². The molecule has 1 aromatic rings. The first-order chi connectivity index (χ1) is 8.65. The lowest BCUT2D eigenvalue weighted by Gasteiger charge is -2.06. The van der Waals surface area contributed by atoms with Crippen molar-refractivity contribution in [2.75, 3.05) is 26.8 Å². The summed E-state index contributed by atoms with van der Waals surface area (Å²) < 4.78 is 4.85. The molecule has 1 rings (SSSR count). The van der Waals surface area contributed by atoms with E-state index in [2.05, 4.69) is 20.8 Å². The third-order valence-corrected chi connectivity index (χ3v) is 2.74. The number of H-pyrrole nitrogens is 1. The molecule has 0 aliphatic heterocycles. The molecule has 0 radical (unpaired) electrons. The number of nitrogens with zero attached hydrogens (tertiary/aromatic N) is 1. The number of aromatic nitrogens is 2. The second-order valence-corrected chi connectivity index (χ2v) is 4.18. The topological polar surface area (TPSA) is 79.0 Å². The van der Waals surface area contributed by atoms with Gasteiger partial charge in [0.2, 0.25) is 5.91 Å². The molecule has 0 saturated heterocycles. The summed E-state index contributed by atoms with van der Waals surface area (Å²) in [6.45, 7) is 6.47. The van der Waals surface area contributed by atoms with E-state index in [1.807, 2.05) is 13.8 Å². The average molecular weight is 254 g/mol. The number of aryl methyl sites for hydroxylation is 2. The van der Waals surface area contributed by atoms with Crippen molar-refractivity contribution in [1.82, 2.24) is 20.8 Å². The molecule has 0 unspecified atom stereocenters. The first-order valence-corrected chi connectivity index (χ1v) is 6.12. The van der Waals surface area contributed by atoms with E-state index >= 15 is 0 Å². The zero-order valence-electron chi connectivity index (χ0n) is 11.3. The van der Waals surface area contributed by atoms with E-state index in [0.29, 0.717) is 26.1 Å². The van der Waals surface area contributed by atoms with Gasteiger partial charge in [0.05, 0.1) is 12.3 Å². The molecule has 1 amide bonds. The minimum Gasteiger partial charge on any atom is -0.383 e. The fraction of sp³-hybridized carbons (Fsp3) is 0.667. The summed E-state index contributed by atoms with van der Waals surface area (Å²) in [5.41, 5.74) is 3.25. The molecular weight excluding hydrogens is 232 g/mol. The van der Waals surface area contributed by atoms with E-state index in [-0.39, 0.29) is 5.91 Å². The van der Waals surface area contributed by atoms with Crippen molar-refractivity contribution < 1.29 is 9.53 Å². The maximum Gasteiger partial charge on any atom is 0.221 e. The first kappa shape index (κ1) is 14.7. The lowest BCUT2D eigenvalue weighted by Crippen LogP contribution is -2.30. The molecule has 6 heteroatoms. The van der Waals surface area contributed by atoms with Gasteiger partial charge in [0.15, 0.2) is 0 Å². The number of carbonyl (C=O) groups excluding carboxylic acids is 1. The quantitative estimate of drug-likeness (QED) is 0.582. The van der Waals surface area contributed by atoms with Gasteiger partial charge in [-0.25, -0.2) is 0 Å². The molecule has 1 aromatic heterocycles. The molecule has 6 nitrogen and oxygen atoms in total. The van der Waals surface area contributed by atoms with Crippen LogP contribution in [-0.2, 0) is 16.1 Å². The van der Waals surface area contributed by atoms with Crippen LogP contribution in [0.15, 0.2) is 0 Å². The molecule has 0 fully saturated rings. The van der Waals surface area contributed by atoms with Crippen LogP contribution in [0.3, 0.4) is 0 Å². The van der Waals surface area contributed by atoms with Gasteiger partial charge in [-0.1, -0.05) is 0 Å². The molecule has 0 saturated carbocycles. The van der Waals surface area contributed by atoms with E-state index in [9.17, 15) is 4.79 Å². The monoisotopic (exact) mass is 254 g/mol. The third-order valence-electron chi connectivity index (χ3n) is 2.74. The van der Waals surface area contributed by atoms with Crippen LogP contribution in [0, 0.1) is 13.8 Å². The normalized spacial score (nSPS) is 10.6. The first-order valence-electron chi connectivity index (χ1n) is 6.12. The average Bonchev–Trinajstić information content (AvgIpc) is 2.66. The van der Waals surface area contributed by atoms with Gasteiger partial charge in [0, 0.05) is 44.4 Å². The predicted octanol–water partition coefficient (Wildman–Crippen LogP) is 0.269. The Labute approximate surface area is 107 Å². The third kappa shape index (κ3) is 4.85. The summed E-state index contributed by atoms with van der Waals surface area (Å²) in [4.78, 5) is 11.4. The molecule has 0 atom stereocenters. The molecular formula is C12H22N4O2. The molecule has 0 spiro atoms. The van der Waals surface area contributed by atoms with Gasteiger partial charge in [0.1, 0.15) is 0 Å². The molecule has 1 heterocycles. The van der Waals surface area contributed by atoms with Crippen molar-refractivity contribution in [3.8, 4) is 0 Å². The van der Waals surface area contributed by atoms with Crippen molar-refractivity contribution >= 4 is 5.91 Å². The Hall–Kier alpha value is -1.40. The SMILES string of the molecule is COCCNC(=O)CCNCc1c(C)n[nH]c1C. The maximum absolute atomic E-state index is 11.4. The number of methoxy groups -OCH3 is 1. The Morgan fingerprint density at radius 2 is 2.17 bits per heavy atom. The minimum absolute atomic E-state index is 0.0418. The maximum atomic E-state index is 11.4. The van der Waals surface area contributed by atoms with E-state index in [1.54, 1.807) is 7.11 Å².